The third-order valence-corrected chi connectivity index (χ3v) is 2.89. The molecule has 0 unspecified atom stereocenters. The maximum atomic E-state index is 10.8. The van der Waals surface area contributed by atoms with Crippen LogP contribution in [0.2, 0.25) is 0 Å². The first kappa shape index (κ1) is 8.57. The molecule has 2 nitrogen and oxygen atoms in total. The van der Waals surface area contributed by atoms with Crippen LogP contribution in [0, 0.1) is 11.3 Å². The van der Waals surface area contributed by atoms with Gasteiger partial charge in [0.1, 0.15) is 0 Å². The average Bonchev–Trinajstić information content (AvgIpc) is 1.95. The van der Waals surface area contributed by atoms with Crippen LogP contribution in [0.1, 0.15) is 39.5 Å². The summed E-state index contributed by atoms with van der Waals surface area (Å²) in [5, 5.41) is 8.88. The Bertz CT molecular complexity index is 155. The second-order valence-corrected chi connectivity index (χ2v) is 4.05. The lowest BCUT2D eigenvalue weighted by molar-refractivity contribution is -0.150. The molecule has 0 aromatic rings. The largest absolute Gasteiger partial charge is 0.481 e. The van der Waals surface area contributed by atoms with Crippen molar-refractivity contribution in [1.82, 2.24) is 0 Å². The van der Waals surface area contributed by atoms with Crippen LogP contribution in [0.25, 0.3) is 0 Å². The van der Waals surface area contributed by atoms with Crippen molar-refractivity contribution < 1.29 is 9.90 Å². The van der Waals surface area contributed by atoms with Crippen LogP contribution < -0.4 is 0 Å². The smallest absolute Gasteiger partial charge is 0.309 e. The fourth-order valence-corrected chi connectivity index (χ4v) is 1.61. The second kappa shape index (κ2) is 2.84. The molecule has 0 aliphatic heterocycles. The lowest BCUT2D eigenvalue weighted by Gasteiger charge is -2.32. The summed E-state index contributed by atoms with van der Waals surface area (Å²) >= 11 is 0. The molecule has 0 amide bonds. The molecule has 0 spiro atoms. The maximum Gasteiger partial charge on any atom is 0.309 e. The molecule has 1 aliphatic rings. The zero-order valence-corrected chi connectivity index (χ0v) is 7.26. The predicted octanol–water partition coefficient (Wildman–Crippen LogP) is 2.29. The van der Waals surface area contributed by atoms with Crippen LogP contribution in [0.4, 0.5) is 0 Å². The van der Waals surface area contributed by atoms with Gasteiger partial charge in [-0.05, 0) is 38.5 Å². The molecule has 0 bridgehead atoms. The van der Waals surface area contributed by atoms with Gasteiger partial charge in [-0.2, -0.15) is 0 Å². The van der Waals surface area contributed by atoms with Crippen LogP contribution in [0.3, 0.4) is 0 Å². The molecule has 0 heterocycles. The summed E-state index contributed by atoms with van der Waals surface area (Å²) < 4.78 is 0. The Morgan fingerprint density at radius 2 is 1.91 bits per heavy atom. The lowest BCUT2D eigenvalue weighted by atomic mass is 9.72. The van der Waals surface area contributed by atoms with E-state index in [4.69, 9.17) is 5.11 Å². The zero-order valence-electron chi connectivity index (χ0n) is 7.26. The quantitative estimate of drug-likeness (QED) is 0.632. The first-order chi connectivity index (χ1) is 5.04. The second-order valence-electron chi connectivity index (χ2n) is 4.05. The molecular weight excluding hydrogens is 140 g/mol. The van der Waals surface area contributed by atoms with E-state index in [1.807, 2.05) is 6.92 Å². The summed E-state index contributed by atoms with van der Waals surface area (Å²) in [5.41, 5.74) is -0.424. The molecule has 1 aliphatic carbocycles. The number of hydrogen-bond donors (Lipinski definition) is 1. The van der Waals surface area contributed by atoms with Gasteiger partial charge in [-0.25, -0.2) is 0 Å². The lowest BCUT2D eigenvalue weighted by Crippen LogP contribution is -2.31. The molecule has 1 fully saturated rings. The Morgan fingerprint density at radius 3 is 2.27 bits per heavy atom. The van der Waals surface area contributed by atoms with Gasteiger partial charge < -0.3 is 5.11 Å². The summed E-state index contributed by atoms with van der Waals surface area (Å²) in [7, 11) is 0. The van der Waals surface area contributed by atoms with Gasteiger partial charge >= 0.3 is 5.97 Å². The van der Waals surface area contributed by atoms with E-state index >= 15 is 0 Å². The Hall–Kier alpha value is -0.530. The van der Waals surface area contributed by atoms with Crippen molar-refractivity contribution in [2.45, 2.75) is 39.5 Å². The van der Waals surface area contributed by atoms with E-state index in [1.54, 1.807) is 0 Å². The van der Waals surface area contributed by atoms with Gasteiger partial charge in [-0.3, -0.25) is 4.79 Å². The molecule has 11 heavy (non-hydrogen) atoms. The number of rotatable bonds is 1. The van der Waals surface area contributed by atoms with Crippen LogP contribution in [0.5, 0.6) is 0 Å². The molecule has 1 saturated carbocycles. The third kappa shape index (κ3) is 1.73. The van der Waals surface area contributed by atoms with E-state index in [9.17, 15) is 4.79 Å². The highest BCUT2D eigenvalue weighted by Crippen LogP contribution is 2.38. The first-order valence-corrected chi connectivity index (χ1v) is 4.28. The number of carboxylic acid groups (broad SMARTS) is 1. The summed E-state index contributed by atoms with van der Waals surface area (Å²) in [6, 6.07) is 0. The Labute approximate surface area is 67.6 Å². The molecule has 0 radical (unpaired) electrons. The average molecular weight is 156 g/mol. The Kier molecular flexibility index (Phi) is 2.21. The van der Waals surface area contributed by atoms with E-state index in [0.717, 1.165) is 31.6 Å². The minimum absolute atomic E-state index is 0.424. The van der Waals surface area contributed by atoms with Crippen LogP contribution in [0.15, 0.2) is 0 Å². The highest BCUT2D eigenvalue weighted by molar-refractivity contribution is 5.74. The summed E-state index contributed by atoms with van der Waals surface area (Å²) in [6.45, 7) is 4.06. The maximum absolute atomic E-state index is 10.8. The van der Waals surface area contributed by atoms with Crippen molar-refractivity contribution in [2.75, 3.05) is 0 Å². The number of carbonyl (C=O) groups is 1. The van der Waals surface area contributed by atoms with Crippen LogP contribution in [-0.4, -0.2) is 11.1 Å². The highest BCUT2D eigenvalue weighted by atomic mass is 16.4. The van der Waals surface area contributed by atoms with Crippen molar-refractivity contribution in [3.05, 3.63) is 0 Å². The zero-order chi connectivity index (χ0) is 8.48. The van der Waals surface area contributed by atoms with E-state index in [-0.39, 0.29) is 0 Å². The molecule has 0 aromatic heterocycles. The Balaban J connectivity index is 2.55. The van der Waals surface area contributed by atoms with Gasteiger partial charge in [0.05, 0.1) is 5.41 Å². The monoisotopic (exact) mass is 156 g/mol. The predicted molar refractivity (Wildman–Crippen MR) is 43.4 cm³/mol. The van der Waals surface area contributed by atoms with Crippen molar-refractivity contribution in [1.29, 1.82) is 0 Å². The first-order valence-electron chi connectivity index (χ1n) is 4.28. The van der Waals surface area contributed by atoms with Gasteiger partial charge in [0.15, 0.2) is 0 Å². The van der Waals surface area contributed by atoms with Gasteiger partial charge in [0.25, 0.3) is 0 Å². The molecule has 1 rings (SSSR count). The number of hydrogen-bond acceptors (Lipinski definition) is 1. The van der Waals surface area contributed by atoms with Gasteiger partial charge in [0, 0.05) is 0 Å². The number of carboxylic acids is 1. The molecule has 0 aromatic carbocycles. The van der Waals surface area contributed by atoms with Crippen LogP contribution >= 0.6 is 0 Å². The molecular formula is C9H16O2. The van der Waals surface area contributed by atoms with Crippen LogP contribution in [-0.2, 0) is 4.79 Å². The minimum Gasteiger partial charge on any atom is -0.481 e. The normalized spacial score (nSPS) is 38.5. The van der Waals surface area contributed by atoms with Crippen molar-refractivity contribution in [3.8, 4) is 0 Å². The standard InChI is InChI=1S/C9H16O2/c1-7-3-5-9(2,6-4-7)8(10)11/h7H,3-6H2,1-2H3,(H,10,11)/t7-,9-. The van der Waals surface area contributed by atoms with E-state index in [2.05, 4.69) is 6.92 Å². The van der Waals surface area contributed by atoms with Gasteiger partial charge in [-0.15, -0.1) is 0 Å². The van der Waals surface area contributed by atoms with E-state index in [1.165, 1.54) is 0 Å². The Morgan fingerprint density at radius 1 is 1.45 bits per heavy atom. The van der Waals surface area contributed by atoms with Crippen molar-refractivity contribution in [3.63, 3.8) is 0 Å². The fourth-order valence-electron chi connectivity index (χ4n) is 1.61. The van der Waals surface area contributed by atoms with E-state index in [0.29, 0.717) is 0 Å². The third-order valence-electron chi connectivity index (χ3n) is 2.89. The summed E-state index contributed by atoms with van der Waals surface area (Å²) in [6.07, 6.45) is 3.85. The van der Waals surface area contributed by atoms with Gasteiger partial charge in [0.2, 0.25) is 0 Å². The molecule has 0 atom stereocenters. The molecule has 1 N–H and O–H groups in total. The minimum atomic E-state index is -0.621. The molecule has 2 heteroatoms. The number of aliphatic carboxylic acids is 1. The van der Waals surface area contributed by atoms with Crippen molar-refractivity contribution >= 4 is 5.97 Å². The molecule has 0 saturated heterocycles. The van der Waals surface area contributed by atoms with Gasteiger partial charge in [-0.1, -0.05) is 6.92 Å². The highest BCUT2D eigenvalue weighted by Gasteiger charge is 2.36. The summed E-state index contributed by atoms with van der Waals surface area (Å²) in [4.78, 5) is 10.8. The summed E-state index contributed by atoms with van der Waals surface area (Å²) in [5.74, 6) is 0.104. The van der Waals surface area contributed by atoms with E-state index < -0.39 is 11.4 Å². The molecule has 64 valence electrons. The fraction of sp³-hybridized carbons (Fsp3) is 0.889. The van der Waals surface area contributed by atoms with Crippen molar-refractivity contribution in [2.24, 2.45) is 11.3 Å². The topological polar surface area (TPSA) is 37.3 Å². The SMILES string of the molecule is C[C@H]1CC[C@](C)(C(=O)O)CC1.